The van der Waals surface area contributed by atoms with Crippen LogP contribution in [0.2, 0.25) is 0 Å². The van der Waals surface area contributed by atoms with Crippen LogP contribution < -0.4 is 19.9 Å². The second-order valence-corrected chi connectivity index (χ2v) is 8.43. The van der Waals surface area contributed by atoms with E-state index in [0.29, 0.717) is 22.7 Å². The van der Waals surface area contributed by atoms with Gasteiger partial charge in [0.25, 0.3) is 11.8 Å². The first-order valence-corrected chi connectivity index (χ1v) is 10.9. The summed E-state index contributed by atoms with van der Waals surface area (Å²) in [5, 5.41) is 3.11. The number of rotatable bonds is 7. The molecule has 2 amide bonds. The minimum Gasteiger partial charge on any atom is -0.491 e. The Labute approximate surface area is 198 Å². The molecule has 3 aromatic rings. The van der Waals surface area contributed by atoms with Crippen LogP contribution in [-0.4, -0.2) is 32.0 Å². The van der Waals surface area contributed by atoms with Gasteiger partial charge < -0.3 is 15.0 Å². The molecule has 0 aromatic heterocycles. The van der Waals surface area contributed by atoms with Crippen molar-refractivity contribution in [1.82, 2.24) is 0 Å². The molecule has 0 saturated carbocycles. The van der Waals surface area contributed by atoms with Gasteiger partial charge >= 0.3 is 0 Å². The molecule has 3 aromatic carbocycles. The number of carbonyl (C=O) groups excluding carboxylic acids is 2. The first kappa shape index (κ1) is 23.0. The van der Waals surface area contributed by atoms with E-state index >= 15 is 0 Å². The van der Waals surface area contributed by atoms with Gasteiger partial charge in [-0.15, -0.1) is 0 Å². The maximum atomic E-state index is 13.6. The molecule has 1 aliphatic rings. The maximum absolute atomic E-state index is 13.6. The fourth-order valence-corrected chi connectivity index (χ4v) is 3.71. The van der Waals surface area contributed by atoms with E-state index in [2.05, 4.69) is 5.32 Å². The molecule has 174 valence electrons. The minimum atomic E-state index is -0.484. The summed E-state index contributed by atoms with van der Waals surface area (Å²) in [6, 6.07) is 19.8. The van der Waals surface area contributed by atoms with Crippen molar-refractivity contribution in [2.75, 3.05) is 29.2 Å². The number of imide groups is 1. The Bertz CT molecular complexity index is 1250. The van der Waals surface area contributed by atoms with Gasteiger partial charge in [0.15, 0.2) is 0 Å². The average Bonchev–Trinajstić information content (AvgIpc) is 3.04. The number of anilines is 3. The molecule has 0 saturated heterocycles. The van der Waals surface area contributed by atoms with E-state index < -0.39 is 17.6 Å². The van der Waals surface area contributed by atoms with Gasteiger partial charge in [0.2, 0.25) is 0 Å². The quantitative estimate of drug-likeness (QED) is 0.500. The van der Waals surface area contributed by atoms with Crippen LogP contribution in [0.5, 0.6) is 5.75 Å². The molecule has 1 N–H and O–H groups in total. The monoisotopic (exact) mass is 459 g/mol. The van der Waals surface area contributed by atoms with Crippen molar-refractivity contribution in [3.63, 3.8) is 0 Å². The summed E-state index contributed by atoms with van der Waals surface area (Å²) in [7, 11) is 3.77. The highest BCUT2D eigenvalue weighted by atomic mass is 19.1. The molecule has 0 unspecified atom stereocenters. The minimum absolute atomic E-state index is 0.0344. The fourth-order valence-electron chi connectivity index (χ4n) is 3.71. The molecule has 1 aliphatic heterocycles. The number of hydrogen-bond acceptors (Lipinski definition) is 5. The van der Waals surface area contributed by atoms with E-state index in [0.717, 1.165) is 10.6 Å². The van der Waals surface area contributed by atoms with Crippen molar-refractivity contribution in [2.24, 2.45) is 0 Å². The second kappa shape index (κ2) is 9.39. The Morgan fingerprint density at radius 1 is 0.912 bits per heavy atom. The molecule has 0 atom stereocenters. The maximum Gasteiger partial charge on any atom is 0.282 e. The molecule has 0 radical (unpaired) electrons. The van der Waals surface area contributed by atoms with Crippen molar-refractivity contribution in [1.29, 1.82) is 0 Å². The summed E-state index contributed by atoms with van der Waals surface area (Å²) in [4.78, 5) is 30.1. The molecular weight excluding hydrogens is 433 g/mol. The Morgan fingerprint density at radius 2 is 1.59 bits per heavy atom. The van der Waals surface area contributed by atoms with Crippen LogP contribution in [0.3, 0.4) is 0 Å². The van der Waals surface area contributed by atoms with Gasteiger partial charge in [-0.25, -0.2) is 9.29 Å². The summed E-state index contributed by atoms with van der Waals surface area (Å²) in [6.45, 7) is 3.88. The summed E-state index contributed by atoms with van der Waals surface area (Å²) in [5.41, 5.74) is 2.69. The van der Waals surface area contributed by atoms with E-state index in [1.807, 2.05) is 38.9 Å². The lowest BCUT2D eigenvalue weighted by Gasteiger charge is -2.19. The number of hydrogen-bond donors (Lipinski definition) is 1. The Morgan fingerprint density at radius 3 is 2.21 bits per heavy atom. The molecule has 7 heteroatoms. The number of amides is 2. The topological polar surface area (TPSA) is 61.9 Å². The van der Waals surface area contributed by atoms with Crippen molar-refractivity contribution in [2.45, 2.75) is 20.0 Å². The van der Waals surface area contributed by atoms with Crippen LogP contribution in [0.15, 0.2) is 78.5 Å². The number of benzene rings is 3. The van der Waals surface area contributed by atoms with Gasteiger partial charge in [-0.2, -0.15) is 0 Å². The van der Waals surface area contributed by atoms with Gasteiger partial charge in [0, 0.05) is 25.5 Å². The van der Waals surface area contributed by atoms with Gasteiger partial charge in [-0.1, -0.05) is 18.2 Å². The van der Waals surface area contributed by atoms with E-state index in [9.17, 15) is 14.0 Å². The Hall–Kier alpha value is -4.13. The van der Waals surface area contributed by atoms with Crippen LogP contribution >= 0.6 is 0 Å². The Balaban J connectivity index is 1.74. The predicted octanol–water partition coefficient (Wildman–Crippen LogP) is 5.08. The number of nitrogens with one attached hydrogen (secondary N) is 1. The highest BCUT2D eigenvalue weighted by Crippen LogP contribution is 2.35. The lowest BCUT2D eigenvalue weighted by Crippen LogP contribution is -2.32. The highest BCUT2D eigenvalue weighted by Gasteiger charge is 2.40. The summed E-state index contributed by atoms with van der Waals surface area (Å²) in [6.07, 6.45) is 0.0344. The van der Waals surface area contributed by atoms with Gasteiger partial charge in [-0.3, -0.25) is 9.59 Å². The van der Waals surface area contributed by atoms with Crippen molar-refractivity contribution >= 4 is 34.4 Å². The summed E-state index contributed by atoms with van der Waals surface area (Å²) in [5.74, 6) is -0.686. The third-order valence-corrected chi connectivity index (χ3v) is 5.32. The lowest BCUT2D eigenvalue weighted by molar-refractivity contribution is -0.120. The van der Waals surface area contributed by atoms with Crippen LogP contribution in [0, 0.1) is 5.82 Å². The zero-order chi connectivity index (χ0) is 24.4. The van der Waals surface area contributed by atoms with Gasteiger partial charge in [0.1, 0.15) is 17.3 Å². The molecule has 34 heavy (non-hydrogen) atoms. The molecular formula is C27H26FN3O3. The average molecular weight is 460 g/mol. The highest BCUT2D eigenvalue weighted by molar-refractivity contribution is 6.46. The van der Waals surface area contributed by atoms with E-state index in [-0.39, 0.29) is 17.4 Å². The SMILES string of the molecule is CC(C)Oc1ccc(NC2=C(c3ccc(F)cc3)C(=O)N(c3cccc(N(C)C)c3)C2=O)cc1. The first-order valence-electron chi connectivity index (χ1n) is 10.9. The fraction of sp³-hybridized carbons (Fsp3) is 0.185. The lowest BCUT2D eigenvalue weighted by atomic mass is 10.0. The van der Waals surface area contributed by atoms with E-state index in [1.165, 1.54) is 24.3 Å². The van der Waals surface area contributed by atoms with Crippen LogP contribution in [-0.2, 0) is 9.59 Å². The Kier molecular flexibility index (Phi) is 6.36. The van der Waals surface area contributed by atoms with Crippen molar-refractivity contribution < 1.29 is 18.7 Å². The van der Waals surface area contributed by atoms with Gasteiger partial charge in [-0.05, 0) is 74.0 Å². The summed E-state index contributed by atoms with van der Waals surface area (Å²) < 4.78 is 19.2. The number of nitrogens with zero attached hydrogens (tertiary/aromatic N) is 2. The molecule has 0 aliphatic carbocycles. The largest absolute Gasteiger partial charge is 0.491 e. The number of carbonyl (C=O) groups is 2. The second-order valence-electron chi connectivity index (χ2n) is 8.43. The molecule has 0 fully saturated rings. The third kappa shape index (κ3) is 4.64. The van der Waals surface area contributed by atoms with Gasteiger partial charge in [0.05, 0.1) is 17.4 Å². The molecule has 1 heterocycles. The first-order chi connectivity index (χ1) is 16.2. The molecule has 6 nitrogen and oxygen atoms in total. The van der Waals surface area contributed by atoms with Crippen LogP contribution in [0.1, 0.15) is 19.4 Å². The molecule has 0 bridgehead atoms. The van der Waals surface area contributed by atoms with Crippen molar-refractivity contribution in [3.05, 3.63) is 89.9 Å². The van der Waals surface area contributed by atoms with Crippen LogP contribution in [0.4, 0.5) is 21.5 Å². The number of halogens is 1. The third-order valence-electron chi connectivity index (χ3n) is 5.32. The molecule has 0 spiro atoms. The smallest absolute Gasteiger partial charge is 0.282 e. The normalized spacial score (nSPS) is 13.6. The van der Waals surface area contributed by atoms with E-state index in [1.54, 1.807) is 42.5 Å². The van der Waals surface area contributed by atoms with Crippen molar-refractivity contribution in [3.8, 4) is 5.75 Å². The van der Waals surface area contributed by atoms with Crippen LogP contribution in [0.25, 0.3) is 5.57 Å². The molecule has 4 rings (SSSR count). The number of ether oxygens (including phenoxy) is 1. The zero-order valence-electron chi connectivity index (χ0n) is 19.5. The predicted molar refractivity (Wildman–Crippen MR) is 132 cm³/mol. The standard InChI is InChI=1S/C27H26FN3O3/c1-17(2)34-23-14-12-20(13-15-23)29-25-24(18-8-10-19(28)11-9-18)26(32)31(27(25)33)22-7-5-6-21(16-22)30(3)4/h5-17,29H,1-4H3. The zero-order valence-corrected chi connectivity index (χ0v) is 19.5. The summed E-state index contributed by atoms with van der Waals surface area (Å²) >= 11 is 0. The van der Waals surface area contributed by atoms with E-state index in [4.69, 9.17) is 4.74 Å².